The number of aromatic nitrogens is 2. The standard InChI is InChI=1S/C27H34FN5O6/c1-26(2,3)24(35)38-14-37-22-17(13-36-18(34)11-15-9-7-6-8-10-15)39-21(27(22,4)28)16-12-31-20-19(16)32-25(29)33-23(20)30-5/h6-10,12,16-17,21-22H,11,13-14H2,1-5H3,(H3,29,30,32,33)/t16?,17-,21+,22-,27+/m1/s1. The van der Waals surface area contributed by atoms with Gasteiger partial charge in [-0.3, -0.25) is 14.6 Å². The van der Waals surface area contributed by atoms with Crippen molar-refractivity contribution in [1.82, 2.24) is 9.97 Å². The highest BCUT2D eigenvalue weighted by molar-refractivity contribution is 5.85. The number of carbonyl (C=O) groups excluding carboxylic acids is 2. The summed E-state index contributed by atoms with van der Waals surface area (Å²) in [6.45, 7) is 5.64. The van der Waals surface area contributed by atoms with Gasteiger partial charge in [0.05, 0.1) is 23.4 Å². The summed E-state index contributed by atoms with van der Waals surface area (Å²) in [4.78, 5) is 37.5. The van der Waals surface area contributed by atoms with E-state index in [-0.39, 0.29) is 19.0 Å². The summed E-state index contributed by atoms with van der Waals surface area (Å²) in [6.07, 6.45) is -1.78. The number of nitrogens with two attached hydrogens (primary N) is 1. The van der Waals surface area contributed by atoms with E-state index in [4.69, 9.17) is 24.7 Å². The fraction of sp³-hybridized carbons (Fsp3) is 0.519. The minimum absolute atomic E-state index is 0.000410. The molecule has 1 unspecified atom stereocenters. The number of nitrogen functional groups attached to an aromatic ring is 1. The molecule has 1 fully saturated rings. The summed E-state index contributed by atoms with van der Waals surface area (Å²) in [5.74, 6) is -1.32. The molecule has 1 aromatic heterocycles. The average molecular weight is 544 g/mol. The summed E-state index contributed by atoms with van der Waals surface area (Å²) >= 11 is 0. The smallest absolute Gasteiger partial charge is 0.313 e. The van der Waals surface area contributed by atoms with Gasteiger partial charge in [-0.1, -0.05) is 30.3 Å². The molecule has 11 nitrogen and oxygen atoms in total. The van der Waals surface area contributed by atoms with Crippen LogP contribution in [0, 0.1) is 5.41 Å². The monoisotopic (exact) mass is 543 g/mol. The predicted molar refractivity (Wildman–Crippen MR) is 141 cm³/mol. The van der Waals surface area contributed by atoms with E-state index < -0.39 is 54.0 Å². The van der Waals surface area contributed by atoms with Gasteiger partial charge in [-0.05, 0) is 33.3 Å². The highest BCUT2D eigenvalue weighted by Gasteiger charge is 2.59. The van der Waals surface area contributed by atoms with Crippen molar-refractivity contribution in [2.45, 2.75) is 64.0 Å². The topological polar surface area (TPSA) is 147 Å². The number of aliphatic imine (C=N–C) groups is 1. The summed E-state index contributed by atoms with van der Waals surface area (Å²) in [7, 11) is 1.67. The molecule has 0 amide bonds. The Labute approximate surface area is 226 Å². The Balaban J connectivity index is 1.53. The Morgan fingerprint density at radius 2 is 1.90 bits per heavy atom. The number of hydrogen-bond donors (Lipinski definition) is 2. The van der Waals surface area contributed by atoms with Gasteiger partial charge in [-0.2, -0.15) is 4.98 Å². The SMILES string of the molecule is CNc1nc(N)nc2c1N=CC2[C@@H]1O[C@H](COC(=O)Cc2ccccc2)[C@@H](OCOC(=O)C(C)(C)C)[C@@]1(C)F. The van der Waals surface area contributed by atoms with E-state index in [1.165, 1.54) is 13.1 Å². The van der Waals surface area contributed by atoms with Crippen molar-refractivity contribution < 1.29 is 32.9 Å². The molecule has 2 aromatic rings. The number of esters is 2. The molecular formula is C27H34FN5O6. The molecule has 2 aliphatic heterocycles. The first-order chi connectivity index (χ1) is 18.4. The van der Waals surface area contributed by atoms with Gasteiger partial charge in [0.1, 0.15) is 30.6 Å². The Hall–Kier alpha value is -3.64. The van der Waals surface area contributed by atoms with Crippen LogP contribution in [0.3, 0.4) is 0 Å². The van der Waals surface area contributed by atoms with Gasteiger partial charge in [-0.25, -0.2) is 9.37 Å². The maximum atomic E-state index is 16.6. The van der Waals surface area contributed by atoms with E-state index in [0.717, 1.165) is 5.56 Å². The normalized spacial score (nSPS) is 25.8. The minimum atomic E-state index is -2.12. The highest BCUT2D eigenvalue weighted by Crippen LogP contribution is 2.47. The van der Waals surface area contributed by atoms with Crippen LogP contribution in [-0.2, 0) is 35.0 Å². The second kappa shape index (κ2) is 11.2. The van der Waals surface area contributed by atoms with E-state index in [1.807, 2.05) is 18.2 Å². The van der Waals surface area contributed by atoms with E-state index >= 15 is 4.39 Å². The third kappa shape index (κ3) is 6.17. The van der Waals surface area contributed by atoms with Crippen LogP contribution in [0.5, 0.6) is 0 Å². The molecule has 3 heterocycles. The molecule has 1 aromatic carbocycles. The number of fused-ring (bicyclic) bond motifs is 1. The van der Waals surface area contributed by atoms with E-state index in [9.17, 15) is 9.59 Å². The van der Waals surface area contributed by atoms with Crippen LogP contribution in [0.1, 0.15) is 44.9 Å². The molecular weight excluding hydrogens is 509 g/mol. The predicted octanol–water partition coefficient (Wildman–Crippen LogP) is 3.11. The average Bonchev–Trinajstić information content (AvgIpc) is 3.39. The fourth-order valence-electron chi connectivity index (χ4n) is 4.59. The molecule has 210 valence electrons. The van der Waals surface area contributed by atoms with Gasteiger partial charge in [0, 0.05) is 13.3 Å². The Morgan fingerprint density at radius 3 is 2.56 bits per heavy atom. The number of halogens is 1. The van der Waals surface area contributed by atoms with Crippen LogP contribution in [0.4, 0.5) is 21.8 Å². The minimum Gasteiger partial charge on any atom is -0.463 e. The Morgan fingerprint density at radius 1 is 1.18 bits per heavy atom. The van der Waals surface area contributed by atoms with Crippen LogP contribution in [0.15, 0.2) is 35.3 Å². The molecule has 3 N–H and O–H groups in total. The zero-order valence-electron chi connectivity index (χ0n) is 22.6. The number of carbonyl (C=O) groups is 2. The van der Waals surface area contributed by atoms with Crippen molar-refractivity contribution in [3.8, 4) is 0 Å². The van der Waals surface area contributed by atoms with Gasteiger partial charge in [0.25, 0.3) is 0 Å². The molecule has 39 heavy (non-hydrogen) atoms. The van der Waals surface area contributed by atoms with Gasteiger partial charge in [0.15, 0.2) is 18.3 Å². The van der Waals surface area contributed by atoms with Crippen LogP contribution >= 0.6 is 0 Å². The summed E-state index contributed by atoms with van der Waals surface area (Å²) < 4.78 is 39.1. The summed E-state index contributed by atoms with van der Waals surface area (Å²) in [5, 5.41) is 2.91. The largest absolute Gasteiger partial charge is 0.463 e. The molecule has 0 radical (unpaired) electrons. The molecule has 1 saturated heterocycles. The molecule has 5 atom stereocenters. The van der Waals surface area contributed by atoms with Crippen molar-refractivity contribution in [1.29, 1.82) is 0 Å². The van der Waals surface area contributed by atoms with Crippen molar-refractivity contribution in [2.75, 3.05) is 31.5 Å². The maximum absolute atomic E-state index is 16.6. The number of anilines is 2. The summed E-state index contributed by atoms with van der Waals surface area (Å²) in [5.41, 5.74) is 4.61. The lowest BCUT2D eigenvalue weighted by Gasteiger charge is -2.29. The number of rotatable bonds is 9. The van der Waals surface area contributed by atoms with E-state index in [0.29, 0.717) is 17.2 Å². The summed E-state index contributed by atoms with van der Waals surface area (Å²) in [6, 6.07) is 9.10. The maximum Gasteiger partial charge on any atom is 0.313 e. The van der Waals surface area contributed by atoms with E-state index in [2.05, 4.69) is 20.3 Å². The van der Waals surface area contributed by atoms with Gasteiger partial charge < -0.3 is 30.0 Å². The molecule has 12 heteroatoms. The zero-order chi connectivity index (χ0) is 28.4. The van der Waals surface area contributed by atoms with Crippen molar-refractivity contribution >= 4 is 35.6 Å². The first-order valence-corrected chi connectivity index (χ1v) is 12.6. The molecule has 4 rings (SSSR count). The Bertz CT molecular complexity index is 1230. The fourth-order valence-corrected chi connectivity index (χ4v) is 4.59. The molecule has 2 aliphatic rings. The number of nitrogens with zero attached hydrogens (tertiary/aromatic N) is 3. The van der Waals surface area contributed by atoms with Crippen LogP contribution in [0.2, 0.25) is 0 Å². The van der Waals surface area contributed by atoms with E-state index in [1.54, 1.807) is 40.0 Å². The third-order valence-electron chi connectivity index (χ3n) is 6.59. The third-order valence-corrected chi connectivity index (χ3v) is 6.59. The van der Waals surface area contributed by atoms with Crippen LogP contribution in [-0.4, -0.2) is 72.5 Å². The van der Waals surface area contributed by atoms with Crippen molar-refractivity contribution in [3.05, 3.63) is 41.6 Å². The zero-order valence-corrected chi connectivity index (χ0v) is 22.6. The number of ether oxygens (including phenoxy) is 4. The van der Waals surface area contributed by atoms with Gasteiger partial charge in [0.2, 0.25) is 5.95 Å². The second-order valence-corrected chi connectivity index (χ2v) is 10.7. The van der Waals surface area contributed by atoms with Crippen molar-refractivity contribution in [3.63, 3.8) is 0 Å². The molecule has 0 saturated carbocycles. The highest BCUT2D eigenvalue weighted by atomic mass is 19.1. The molecule has 0 spiro atoms. The van der Waals surface area contributed by atoms with Gasteiger partial charge in [-0.15, -0.1) is 0 Å². The number of benzene rings is 1. The second-order valence-electron chi connectivity index (χ2n) is 10.7. The van der Waals surface area contributed by atoms with Crippen LogP contribution in [0.25, 0.3) is 0 Å². The lowest BCUT2D eigenvalue weighted by molar-refractivity contribution is -0.180. The number of hydrogen-bond acceptors (Lipinski definition) is 11. The lowest BCUT2D eigenvalue weighted by Crippen LogP contribution is -2.46. The first kappa shape index (κ1) is 28.4. The van der Waals surface area contributed by atoms with Crippen LogP contribution < -0.4 is 11.1 Å². The van der Waals surface area contributed by atoms with Crippen molar-refractivity contribution in [2.24, 2.45) is 10.4 Å². The number of alkyl halides is 1. The first-order valence-electron chi connectivity index (χ1n) is 12.6. The van der Waals surface area contributed by atoms with Gasteiger partial charge >= 0.3 is 11.9 Å². The molecule has 0 aliphatic carbocycles. The lowest BCUT2D eigenvalue weighted by atomic mass is 9.86. The number of nitrogens with one attached hydrogen (secondary N) is 1. The molecule has 0 bridgehead atoms. The quantitative estimate of drug-likeness (QED) is 0.357. The Kier molecular flexibility index (Phi) is 8.17.